The van der Waals surface area contributed by atoms with Gasteiger partial charge in [0.25, 0.3) is 0 Å². The fourth-order valence-corrected chi connectivity index (χ4v) is 3.45. The molecule has 2 aliphatic rings. The Morgan fingerprint density at radius 3 is 2.41 bits per heavy atom. The molecule has 2 fully saturated rings. The standard InChI is InChI=1S/C15H22N2/c1-17(13-5-3-2-4-6-13)14-11-15(12-14)7-9-16-10-8-15/h2-6,14,16H,7-12H2,1H3. The number of hydrogen-bond donors (Lipinski definition) is 1. The highest BCUT2D eigenvalue weighted by molar-refractivity contribution is 5.47. The molecule has 3 rings (SSSR count). The SMILES string of the molecule is CN(c1ccccc1)C1CC2(CCNCC2)C1. The van der Waals surface area contributed by atoms with Crippen LogP contribution in [0.1, 0.15) is 25.7 Å². The molecular formula is C15H22N2. The lowest BCUT2D eigenvalue weighted by Gasteiger charge is -2.53. The van der Waals surface area contributed by atoms with Crippen LogP contribution in [0.4, 0.5) is 5.69 Å². The highest BCUT2D eigenvalue weighted by Gasteiger charge is 2.45. The Morgan fingerprint density at radius 2 is 1.76 bits per heavy atom. The van der Waals surface area contributed by atoms with E-state index in [1.54, 1.807) is 0 Å². The van der Waals surface area contributed by atoms with E-state index < -0.39 is 0 Å². The number of benzene rings is 1. The van der Waals surface area contributed by atoms with Crippen molar-refractivity contribution < 1.29 is 0 Å². The zero-order valence-corrected chi connectivity index (χ0v) is 10.7. The number of hydrogen-bond acceptors (Lipinski definition) is 2. The smallest absolute Gasteiger partial charge is 0.0366 e. The van der Waals surface area contributed by atoms with E-state index in [1.165, 1.54) is 44.5 Å². The van der Waals surface area contributed by atoms with Gasteiger partial charge in [-0.25, -0.2) is 0 Å². The molecule has 2 heteroatoms. The van der Waals surface area contributed by atoms with Crippen LogP contribution in [0, 0.1) is 5.41 Å². The number of nitrogens with zero attached hydrogens (tertiary/aromatic N) is 1. The Hall–Kier alpha value is -1.02. The molecule has 1 aromatic carbocycles. The van der Waals surface area contributed by atoms with Gasteiger partial charge < -0.3 is 10.2 Å². The van der Waals surface area contributed by atoms with Gasteiger partial charge in [-0.05, 0) is 56.3 Å². The molecule has 1 aliphatic carbocycles. The van der Waals surface area contributed by atoms with Crippen molar-refractivity contribution in [2.75, 3.05) is 25.0 Å². The van der Waals surface area contributed by atoms with Gasteiger partial charge in [0.2, 0.25) is 0 Å². The summed E-state index contributed by atoms with van der Waals surface area (Å²) in [7, 11) is 2.24. The van der Waals surface area contributed by atoms with Crippen molar-refractivity contribution >= 4 is 5.69 Å². The van der Waals surface area contributed by atoms with Crippen LogP contribution in [0.3, 0.4) is 0 Å². The highest BCUT2D eigenvalue weighted by Crippen LogP contribution is 2.50. The Bertz CT molecular complexity index is 360. The first-order chi connectivity index (χ1) is 8.29. The fraction of sp³-hybridized carbons (Fsp3) is 0.600. The maximum atomic E-state index is 3.47. The lowest BCUT2D eigenvalue weighted by atomic mass is 9.60. The summed E-state index contributed by atoms with van der Waals surface area (Å²) < 4.78 is 0. The first-order valence-corrected chi connectivity index (χ1v) is 6.78. The van der Waals surface area contributed by atoms with E-state index in [1.807, 2.05) is 0 Å². The van der Waals surface area contributed by atoms with Crippen molar-refractivity contribution in [1.82, 2.24) is 5.32 Å². The highest BCUT2D eigenvalue weighted by atomic mass is 15.1. The molecule has 0 amide bonds. The monoisotopic (exact) mass is 230 g/mol. The van der Waals surface area contributed by atoms with Crippen molar-refractivity contribution in [1.29, 1.82) is 0 Å². The average Bonchev–Trinajstić information content (AvgIpc) is 2.37. The second kappa shape index (κ2) is 4.34. The fourth-order valence-electron chi connectivity index (χ4n) is 3.45. The van der Waals surface area contributed by atoms with Gasteiger partial charge in [-0.15, -0.1) is 0 Å². The third-order valence-corrected chi connectivity index (χ3v) is 4.71. The minimum absolute atomic E-state index is 0.680. The van der Waals surface area contributed by atoms with Crippen molar-refractivity contribution in [2.24, 2.45) is 5.41 Å². The number of piperidine rings is 1. The molecular weight excluding hydrogens is 208 g/mol. The Balaban J connectivity index is 1.61. The van der Waals surface area contributed by atoms with E-state index in [0.29, 0.717) is 5.41 Å². The molecule has 1 aromatic rings. The minimum Gasteiger partial charge on any atom is -0.372 e. The van der Waals surface area contributed by atoms with Crippen molar-refractivity contribution in [3.8, 4) is 0 Å². The zero-order chi connectivity index (χ0) is 11.7. The summed E-state index contributed by atoms with van der Waals surface area (Å²) in [6.45, 7) is 2.45. The van der Waals surface area contributed by atoms with Crippen LogP contribution in [-0.4, -0.2) is 26.2 Å². The predicted octanol–water partition coefficient (Wildman–Crippen LogP) is 2.66. The molecule has 17 heavy (non-hydrogen) atoms. The van der Waals surface area contributed by atoms with Gasteiger partial charge in [0.15, 0.2) is 0 Å². The normalized spacial score (nSPS) is 23.4. The average molecular weight is 230 g/mol. The summed E-state index contributed by atoms with van der Waals surface area (Å²) in [6, 6.07) is 11.5. The van der Waals surface area contributed by atoms with Crippen LogP contribution in [0.15, 0.2) is 30.3 Å². The van der Waals surface area contributed by atoms with Gasteiger partial charge in [-0.3, -0.25) is 0 Å². The summed E-state index contributed by atoms with van der Waals surface area (Å²) >= 11 is 0. The molecule has 1 N–H and O–H groups in total. The second-order valence-corrected chi connectivity index (χ2v) is 5.76. The van der Waals surface area contributed by atoms with E-state index in [2.05, 4.69) is 47.6 Å². The van der Waals surface area contributed by atoms with E-state index in [9.17, 15) is 0 Å². The van der Waals surface area contributed by atoms with Crippen LogP contribution in [0.25, 0.3) is 0 Å². The van der Waals surface area contributed by atoms with Gasteiger partial charge in [0.05, 0.1) is 0 Å². The van der Waals surface area contributed by atoms with Crippen LogP contribution in [-0.2, 0) is 0 Å². The van der Waals surface area contributed by atoms with Crippen molar-refractivity contribution in [3.63, 3.8) is 0 Å². The summed E-state index contributed by atoms with van der Waals surface area (Å²) in [6.07, 6.45) is 5.54. The molecule has 1 spiro atoms. The summed E-state index contributed by atoms with van der Waals surface area (Å²) in [4.78, 5) is 2.47. The number of anilines is 1. The number of rotatable bonds is 2. The topological polar surface area (TPSA) is 15.3 Å². The predicted molar refractivity (Wildman–Crippen MR) is 72.4 cm³/mol. The van der Waals surface area contributed by atoms with Crippen LogP contribution >= 0.6 is 0 Å². The Morgan fingerprint density at radius 1 is 1.12 bits per heavy atom. The van der Waals surface area contributed by atoms with Gasteiger partial charge in [-0.1, -0.05) is 18.2 Å². The molecule has 1 aliphatic heterocycles. The van der Waals surface area contributed by atoms with Crippen molar-refractivity contribution in [3.05, 3.63) is 30.3 Å². The molecule has 0 unspecified atom stereocenters. The molecule has 92 valence electrons. The largest absolute Gasteiger partial charge is 0.372 e. The van der Waals surface area contributed by atoms with Crippen molar-refractivity contribution in [2.45, 2.75) is 31.7 Å². The Labute approximate surface area is 104 Å². The molecule has 0 aromatic heterocycles. The number of nitrogens with one attached hydrogen (secondary N) is 1. The Kier molecular flexibility index (Phi) is 2.83. The molecule has 1 saturated carbocycles. The summed E-state index contributed by atoms with van der Waals surface area (Å²) in [5.41, 5.74) is 2.04. The lowest BCUT2D eigenvalue weighted by Crippen LogP contribution is -2.53. The van der Waals surface area contributed by atoms with Crippen LogP contribution in [0.5, 0.6) is 0 Å². The summed E-state index contributed by atoms with van der Waals surface area (Å²) in [5, 5.41) is 3.47. The first-order valence-electron chi connectivity index (χ1n) is 6.78. The maximum Gasteiger partial charge on any atom is 0.0366 e. The second-order valence-electron chi connectivity index (χ2n) is 5.76. The van der Waals surface area contributed by atoms with E-state index >= 15 is 0 Å². The van der Waals surface area contributed by atoms with E-state index in [4.69, 9.17) is 0 Å². The van der Waals surface area contributed by atoms with E-state index in [-0.39, 0.29) is 0 Å². The van der Waals surface area contributed by atoms with Crippen LogP contribution in [0.2, 0.25) is 0 Å². The third kappa shape index (κ3) is 2.06. The molecule has 1 heterocycles. The lowest BCUT2D eigenvalue weighted by molar-refractivity contribution is 0.0611. The summed E-state index contributed by atoms with van der Waals surface area (Å²) in [5.74, 6) is 0. The quantitative estimate of drug-likeness (QED) is 0.840. The molecule has 0 bridgehead atoms. The van der Waals surface area contributed by atoms with Gasteiger partial charge >= 0.3 is 0 Å². The van der Waals surface area contributed by atoms with E-state index in [0.717, 1.165) is 6.04 Å². The molecule has 1 saturated heterocycles. The van der Waals surface area contributed by atoms with Gasteiger partial charge in [-0.2, -0.15) is 0 Å². The maximum absolute atomic E-state index is 3.47. The molecule has 0 atom stereocenters. The minimum atomic E-state index is 0.680. The number of para-hydroxylation sites is 1. The van der Waals surface area contributed by atoms with Gasteiger partial charge in [0, 0.05) is 18.8 Å². The third-order valence-electron chi connectivity index (χ3n) is 4.71. The first kappa shape index (κ1) is 11.1. The van der Waals surface area contributed by atoms with Crippen LogP contribution < -0.4 is 10.2 Å². The molecule has 0 radical (unpaired) electrons. The zero-order valence-electron chi connectivity index (χ0n) is 10.7. The van der Waals surface area contributed by atoms with Gasteiger partial charge in [0.1, 0.15) is 0 Å². The molecule has 2 nitrogen and oxygen atoms in total.